The Bertz CT molecular complexity index is 3650. The normalized spacial score (nSPS) is 11.6. The summed E-state index contributed by atoms with van der Waals surface area (Å²) >= 11 is 1.79. The van der Waals surface area contributed by atoms with Gasteiger partial charge in [0.15, 0.2) is 17.5 Å². The van der Waals surface area contributed by atoms with Crippen molar-refractivity contribution in [2.24, 2.45) is 0 Å². The van der Waals surface area contributed by atoms with Gasteiger partial charge in [0.1, 0.15) is 0 Å². The molecule has 12 aromatic rings. The fourth-order valence-corrected chi connectivity index (χ4v) is 10.3. The summed E-state index contributed by atoms with van der Waals surface area (Å²) in [6.07, 6.45) is 0. The first kappa shape index (κ1) is 35.2. The molecule has 0 atom stereocenters. The van der Waals surface area contributed by atoms with E-state index in [0.717, 1.165) is 49.7 Å². The highest BCUT2D eigenvalue weighted by molar-refractivity contribution is 7.26. The van der Waals surface area contributed by atoms with Gasteiger partial charge in [0, 0.05) is 36.9 Å². The molecule has 0 aliphatic carbocycles. The molecule has 0 aliphatic heterocycles. The zero-order valence-corrected chi connectivity index (χ0v) is 33.8. The summed E-state index contributed by atoms with van der Waals surface area (Å²) in [5.74, 6) is 1.94. The van der Waals surface area contributed by atoms with Crippen molar-refractivity contribution in [1.29, 1.82) is 0 Å². The minimum Gasteiger partial charge on any atom is -0.208 e. The van der Waals surface area contributed by atoms with Crippen molar-refractivity contribution in [3.05, 3.63) is 212 Å². The molecule has 0 bridgehead atoms. The molecule has 2 heterocycles. The average molecular weight is 794 g/mol. The van der Waals surface area contributed by atoms with Gasteiger partial charge in [0.25, 0.3) is 0 Å². The molecule has 12 rings (SSSR count). The summed E-state index contributed by atoms with van der Waals surface area (Å²) in [5.41, 5.74) is 9.86. The van der Waals surface area contributed by atoms with Crippen LogP contribution in [0.5, 0.6) is 0 Å². The first-order valence-electron chi connectivity index (χ1n) is 20.6. The lowest BCUT2D eigenvalue weighted by Crippen LogP contribution is -2.01. The van der Waals surface area contributed by atoms with Crippen LogP contribution in [0.4, 0.5) is 0 Å². The standard InChI is InChI=1S/C57H35N3S/c1-2-15-36(16-3-1)40-18-6-11-25-49(40)55-58-56(60-57(59-55)51-27-14-26-48-47-24-12-13-28-53(47)61-54(48)51)50-34-33-42(44-21-7-9-22-45(44)50)37-29-31-38(32-30-37)52-35-39-17-4-5-19-41(39)43-20-8-10-23-46(43)52/h1-35H. The molecule has 0 amide bonds. The minimum absolute atomic E-state index is 0.641. The van der Waals surface area contributed by atoms with E-state index in [4.69, 9.17) is 15.0 Å². The molecule has 4 heteroatoms. The van der Waals surface area contributed by atoms with Crippen molar-refractivity contribution >= 4 is 63.8 Å². The maximum atomic E-state index is 5.35. The van der Waals surface area contributed by atoms with E-state index in [1.54, 1.807) is 11.3 Å². The molecule has 0 radical (unpaired) electrons. The Hall–Kier alpha value is -7.79. The van der Waals surface area contributed by atoms with E-state index in [0.29, 0.717) is 17.5 Å². The first-order valence-corrected chi connectivity index (χ1v) is 21.4. The van der Waals surface area contributed by atoms with Gasteiger partial charge in [-0.3, -0.25) is 0 Å². The van der Waals surface area contributed by atoms with Crippen LogP contribution in [0.2, 0.25) is 0 Å². The number of benzene rings is 10. The van der Waals surface area contributed by atoms with Crippen LogP contribution in [0.3, 0.4) is 0 Å². The summed E-state index contributed by atoms with van der Waals surface area (Å²) in [7, 11) is 0. The maximum absolute atomic E-state index is 5.35. The molecule has 0 spiro atoms. The molecule has 0 saturated carbocycles. The lowest BCUT2D eigenvalue weighted by atomic mass is 9.91. The Labute approximate surface area is 356 Å². The van der Waals surface area contributed by atoms with Crippen molar-refractivity contribution in [3.63, 3.8) is 0 Å². The van der Waals surface area contributed by atoms with Gasteiger partial charge in [-0.25, -0.2) is 15.0 Å². The lowest BCUT2D eigenvalue weighted by molar-refractivity contribution is 1.08. The number of rotatable bonds is 6. The van der Waals surface area contributed by atoms with Gasteiger partial charge >= 0.3 is 0 Å². The van der Waals surface area contributed by atoms with Crippen LogP contribution >= 0.6 is 11.3 Å². The fraction of sp³-hybridized carbons (Fsp3) is 0. The lowest BCUT2D eigenvalue weighted by Gasteiger charge is -2.15. The van der Waals surface area contributed by atoms with Crippen LogP contribution in [0.15, 0.2) is 212 Å². The number of hydrogen-bond donors (Lipinski definition) is 0. The first-order chi connectivity index (χ1) is 30.2. The highest BCUT2D eigenvalue weighted by Gasteiger charge is 2.20. The van der Waals surface area contributed by atoms with Gasteiger partial charge in [0.05, 0.1) is 0 Å². The second-order valence-corrected chi connectivity index (χ2v) is 16.5. The Morgan fingerprint density at radius 2 is 0.738 bits per heavy atom. The van der Waals surface area contributed by atoms with E-state index >= 15 is 0 Å². The average Bonchev–Trinajstić information content (AvgIpc) is 3.73. The molecule has 0 unspecified atom stereocenters. The molecule has 0 aliphatic rings. The largest absolute Gasteiger partial charge is 0.208 e. The van der Waals surface area contributed by atoms with E-state index < -0.39 is 0 Å². The Kier molecular flexibility index (Phi) is 8.36. The van der Waals surface area contributed by atoms with Gasteiger partial charge in [-0.2, -0.15) is 0 Å². The van der Waals surface area contributed by atoms with Crippen molar-refractivity contribution < 1.29 is 0 Å². The molecule has 10 aromatic carbocycles. The molecule has 0 fully saturated rings. The third kappa shape index (κ3) is 5.99. The van der Waals surface area contributed by atoms with E-state index in [2.05, 4.69) is 206 Å². The van der Waals surface area contributed by atoms with Gasteiger partial charge in [-0.15, -0.1) is 11.3 Å². The van der Waals surface area contributed by atoms with Gasteiger partial charge < -0.3 is 0 Å². The van der Waals surface area contributed by atoms with E-state index in [-0.39, 0.29) is 0 Å². The van der Waals surface area contributed by atoms with Crippen LogP contribution < -0.4 is 0 Å². The second kappa shape index (κ2) is 14.5. The molecule has 61 heavy (non-hydrogen) atoms. The Morgan fingerprint density at radius 1 is 0.262 bits per heavy atom. The topological polar surface area (TPSA) is 38.7 Å². The van der Waals surface area contributed by atoms with Crippen LogP contribution in [0, 0.1) is 0 Å². The maximum Gasteiger partial charge on any atom is 0.165 e. The second-order valence-electron chi connectivity index (χ2n) is 15.5. The number of thiophene rings is 1. The molecular weight excluding hydrogens is 759 g/mol. The summed E-state index contributed by atoms with van der Waals surface area (Å²) < 4.78 is 2.41. The fourth-order valence-electron chi connectivity index (χ4n) is 9.08. The van der Waals surface area contributed by atoms with E-state index in [9.17, 15) is 0 Å². The number of nitrogens with zero attached hydrogens (tertiary/aromatic N) is 3. The summed E-state index contributed by atoms with van der Waals surface area (Å²) in [6, 6.07) is 75.8. The quantitative estimate of drug-likeness (QED) is 0.157. The van der Waals surface area contributed by atoms with E-state index in [1.807, 2.05) is 6.07 Å². The predicted octanol–water partition coefficient (Wildman–Crippen LogP) is 15.7. The molecule has 2 aromatic heterocycles. The van der Waals surface area contributed by atoms with Gasteiger partial charge in [-0.1, -0.05) is 188 Å². The van der Waals surface area contributed by atoms with Crippen molar-refractivity contribution in [3.8, 4) is 67.5 Å². The molecule has 0 saturated heterocycles. The summed E-state index contributed by atoms with van der Waals surface area (Å²) in [5, 5.41) is 9.74. The van der Waals surface area contributed by atoms with Crippen LogP contribution in [0.25, 0.3) is 120 Å². The highest BCUT2D eigenvalue weighted by atomic mass is 32.1. The summed E-state index contributed by atoms with van der Waals surface area (Å²) in [6.45, 7) is 0. The third-order valence-electron chi connectivity index (χ3n) is 12.0. The number of fused-ring (bicyclic) bond motifs is 7. The predicted molar refractivity (Wildman–Crippen MR) is 258 cm³/mol. The highest BCUT2D eigenvalue weighted by Crippen LogP contribution is 2.42. The van der Waals surface area contributed by atoms with Crippen LogP contribution in [-0.2, 0) is 0 Å². The van der Waals surface area contributed by atoms with Crippen molar-refractivity contribution in [2.75, 3.05) is 0 Å². The molecule has 284 valence electrons. The molecular formula is C57H35N3S. The third-order valence-corrected chi connectivity index (χ3v) is 13.2. The minimum atomic E-state index is 0.641. The Balaban J connectivity index is 1.02. The van der Waals surface area contributed by atoms with Gasteiger partial charge in [-0.05, 0) is 90.0 Å². The van der Waals surface area contributed by atoms with Crippen LogP contribution in [-0.4, -0.2) is 15.0 Å². The van der Waals surface area contributed by atoms with Crippen molar-refractivity contribution in [2.45, 2.75) is 0 Å². The Morgan fingerprint density at radius 3 is 1.49 bits per heavy atom. The van der Waals surface area contributed by atoms with Gasteiger partial charge in [0.2, 0.25) is 0 Å². The molecule has 0 N–H and O–H groups in total. The van der Waals surface area contributed by atoms with Crippen LogP contribution in [0.1, 0.15) is 0 Å². The zero-order valence-electron chi connectivity index (χ0n) is 33.0. The number of hydrogen-bond acceptors (Lipinski definition) is 4. The monoisotopic (exact) mass is 793 g/mol. The summed E-state index contributed by atoms with van der Waals surface area (Å²) in [4.78, 5) is 16.0. The zero-order chi connectivity index (χ0) is 40.3. The molecule has 3 nitrogen and oxygen atoms in total. The van der Waals surface area contributed by atoms with E-state index in [1.165, 1.54) is 52.8 Å². The smallest absolute Gasteiger partial charge is 0.165 e. The number of aromatic nitrogens is 3. The van der Waals surface area contributed by atoms with Crippen molar-refractivity contribution in [1.82, 2.24) is 15.0 Å². The SMILES string of the molecule is c1ccc(-c2ccccc2-c2nc(-c3ccc(-c4ccc(-c5cc6ccccc6c6ccccc56)cc4)c4ccccc34)nc(-c3cccc4c3sc3ccccc34)n2)cc1.